The van der Waals surface area contributed by atoms with Crippen molar-refractivity contribution >= 4 is 35.2 Å². The fraction of sp³-hybridized carbons (Fsp3) is 0.429. The number of amides is 2. The number of rotatable bonds is 4. The maximum atomic E-state index is 12.0. The molecule has 0 aliphatic carbocycles. The van der Waals surface area contributed by atoms with Gasteiger partial charge in [0, 0.05) is 36.8 Å². The first-order valence-electron chi connectivity index (χ1n) is 6.52. The number of halogens is 1. The number of hydrogen-bond donors (Lipinski definition) is 1. The van der Waals surface area contributed by atoms with E-state index in [1.54, 1.807) is 16.7 Å². The molecule has 2 rings (SSSR count). The Labute approximate surface area is 127 Å². The highest BCUT2D eigenvalue weighted by Crippen LogP contribution is 2.16. The number of carbonyl (C=O) groups is 2. The van der Waals surface area contributed by atoms with E-state index in [2.05, 4.69) is 5.32 Å². The molecule has 0 aromatic heterocycles. The zero-order chi connectivity index (χ0) is 14.4. The molecule has 0 unspecified atom stereocenters. The molecule has 1 saturated heterocycles. The second-order valence-corrected chi connectivity index (χ2v) is 6.02. The van der Waals surface area contributed by atoms with Gasteiger partial charge in [-0.3, -0.25) is 9.59 Å². The highest BCUT2D eigenvalue weighted by molar-refractivity contribution is 7.99. The number of benzene rings is 1. The molecular weight excluding hydrogens is 296 g/mol. The summed E-state index contributed by atoms with van der Waals surface area (Å²) in [7, 11) is 0. The maximum absolute atomic E-state index is 12.0. The molecule has 1 aromatic carbocycles. The third kappa shape index (κ3) is 4.72. The molecule has 1 heterocycles. The molecule has 2 amide bonds. The molecule has 1 fully saturated rings. The molecule has 1 N–H and O–H groups in total. The lowest BCUT2D eigenvalue weighted by molar-refractivity contribution is -0.128. The van der Waals surface area contributed by atoms with Crippen molar-refractivity contribution in [3.8, 4) is 0 Å². The Bertz CT molecular complexity index is 479. The van der Waals surface area contributed by atoms with Crippen LogP contribution in [0.2, 0.25) is 5.02 Å². The van der Waals surface area contributed by atoms with Crippen LogP contribution in [0.25, 0.3) is 0 Å². The van der Waals surface area contributed by atoms with Crippen LogP contribution in [0, 0.1) is 0 Å². The molecule has 0 radical (unpaired) electrons. The molecule has 1 aliphatic rings. The molecular formula is C14H17ClN2O2S. The Hall–Kier alpha value is -1.20. The first-order chi connectivity index (χ1) is 9.65. The van der Waals surface area contributed by atoms with E-state index in [9.17, 15) is 9.59 Å². The number of nitrogens with one attached hydrogen (secondary N) is 1. The zero-order valence-corrected chi connectivity index (χ0v) is 12.7. The molecule has 20 heavy (non-hydrogen) atoms. The van der Waals surface area contributed by atoms with E-state index in [-0.39, 0.29) is 11.8 Å². The minimum atomic E-state index is 0.0223. The van der Waals surface area contributed by atoms with Crippen LogP contribution in [-0.4, -0.2) is 42.1 Å². The van der Waals surface area contributed by atoms with Gasteiger partial charge in [0.25, 0.3) is 0 Å². The average molecular weight is 313 g/mol. The lowest BCUT2D eigenvalue weighted by Gasteiger charge is -2.19. The van der Waals surface area contributed by atoms with E-state index >= 15 is 0 Å². The van der Waals surface area contributed by atoms with E-state index in [0.717, 1.165) is 16.3 Å². The van der Waals surface area contributed by atoms with Gasteiger partial charge in [0.2, 0.25) is 11.8 Å². The van der Waals surface area contributed by atoms with Crippen LogP contribution in [0.4, 0.5) is 0 Å². The predicted octanol–water partition coefficient (Wildman–Crippen LogP) is 1.92. The molecule has 0 saturated carbocycles. The van der Waals surface area contributed by atoms with E-state index < -0.39 is 0 Å². The topological polar surface area (TPSA) is 49.4 Å². The maximum Gasteiger partial charge on any atom is 0.232 e. The van der Waals surface area contributed by atoms with Gasteiger partial charge in [0.05, 0.1) is 5.75 Å². The standard InChI is InChI=1S/C14H17ClN2O2S/c15-12-3-1-11(2-4-12)9-20-10-14(19)17-7-5-13(18)16-6-8-17/h1-4H,5-10H2,(H,16,18). The highest BCUT2D eigenvalue weighted by Gasteiger charge is 2.17. The Morgan fingerprint density at radius 3 is 2.80 bits per heavy atom. The van der Waals surface area contributed by atoms with Gasteiger partial charge in [-0.2, -0.15) is 0 Å². The van der Waals surface area contributed by atoms with Gasteiger partial charge in [-0.25, -0.2) is 0 Å². The van der Waals surface area contributed by atoms with E-state index in [0.29, 0.717) is 31.8 Å². The summed E-state index contributed by atoms with van der Waals surface area (Å²) in [6.45, 7) is 1.67. The average Bonchev–Trinajstić information content (AvgIpc) is 2.66. The Balaban J connectivity index is 1.74. The fourth-order valence-electron chi connectivity index (χ4n) is 1.94. The van der Waals surface area contributed by atoms with Crippen LogP contribution in [0.5, 0.6) is 0 Å². The van der Waals surface area contributed by atoms with E-state index in [1.807, 2.05) is 24.3 Å². The Morgan fingerprint density at radius 1 is 1.30 bits per heavy atom. The minimum absolute atomic E-state index is 0.0223. The van der Waals surface area contributed by atoms with E-state index in [4.69, 9.17) is 11.6 Å². The first-order valence-corrected chi connectivity index (χ1v) is 8.05. The summed E-state index contributed by atoms with van der Waals surface area (Å²) in [4.78, 5) is 25.0. The predicted molar refractivity (Wildman–Crippen MR) is 81.8 cm³/mol. The lowest BCUT2D eigenvalue weighted by Crippen LogP contribution is -2.35. The van der Waals surface area contributed by atoms with Crippen LogP contribution in [0.15, 0.2) is 24.3 Å². The van der Waals surface area contributed by atoms with Crippen molar-refractivity contribution in [2.75, 3.05) is 25.4 Å². The number of thioether (sulfide) groups is 1. The Kier molecular flexibility index (Phi) is 5.73. The summed E-state index contributed by atoms with van der Waals surface area (Å²) in [6.07, 6.45) is 0.396. The van der Waals surface area contributed by atoms with Gasteiger partial charge < -0.3 is 10.2 Å². The SMILES string of the molecule is O=C1CCN(C(=O)CSCc2ccc(Cl)cc2)CCN1. The van der Waals surface area contributed by atoms with Crippen molar-refractivity contribution in [1.82, 2.24) is 10.2 Å². The highest BCUT2D eigenvalue weighted by atomic mass is 35.5. The van der Waals surface area contributed by atoms with Crippen molar-refractivity contribution in [3.63, 3.8) is 0 Å². The van der Waals surface area contributed by atoms with Crippen LogP contribution in [0.3, 0.4) is 0 Å². The minimum Gasteiger partial charge on any atom is -0.354 e. The molecule has 6 heteroatoms. The van der Waals surface area contributed by atoms with Gasteiger partial charge in [-0.05, 0) is 17.7 Å². The third-order valence-electron chi connectivity index (χ3n) is 3.07. The van der Waals surface area contributed by atoms with Gasteiger partial charge in [0.15, 0.2) is 0 Å². The van der Waals surface area contributed by atoms with Gasteiger partial charge in [-0.1, -0.05) is 23.7 Å². The largest absolute Gasteiger partial charge is 0.354 e. The summed E-state index contributed by atoms with van der Waals surface area (Å²) in [5.41, 5.74) is 1.15. The van der Waals surface area contributed by atoms with E-state index in [1.165, 1.54) is 0 Å². The zero-order valence-electron chi connectivity index (χ0n) is 11.1. The molecule has 4 nitrogen and oxygen atoms in total. The van der Waals surface area contributed by atoms with Crippen LogP contribution in [-0.2, 0) is 15.3 Å². The van der Waals surface area contributed by atoms with Gasteiger partial charge in [0.1, 0.15) is 0 Å². The quantitative estimate of drug-likeness (QED) is 0.924. The summed E-state index contributed by atoms with van der Waals surface area (Å²) >= 11 is 7.41. The van der Waals surface area contributed by atoms with Crippen molar-refractivity contribution in [1.29, 1.82) is 0 Å². The summed E-state index contributed by atoms with van der Waals surface area (Å²) in [5.74, 6) is 1.35. The van der Waals surface area contributed by atoms with Crippen LogP contribution in [0.1, 0.15) is 12.0 Å². The smallest absolute Gasteiger partial charge is 0.232 e. The second kappa shape index (κ2) is 7.55. The van der Waals surface area contributed by atoms with Crippen molar-refractivity contribution in [3.05, 3.63) is 34.9 Å². The summed E-state index contributed by atoms with van der Waals surface area (Å²) in [6, 6.07) is 7.64. The summed E-state index contributed by atoms with van der Waals surface area (Å²) < 4.78 is 0. The molecule has 108 valence electrons. The molecule has 1 aliphatic heterocycles. The van der Waals surface area contributed by atoms with Crippen LogP contribution < -0.4 is 5.32 Å². The van der Waals surface area contributed by atoms with Crippen molar-refractivity contribution in [2.24, 2.45) is 0 Å². The van der Waals surface area contributed by atoms with Crippen molar-refractivity contribution in [2.45, 2.75) is 12.2 Å². The molecule has 0 atom stereocenters. The number of nitrogens with zero attached hydrogens (tertiary/aromatic N) is 1. The number of hydrogen-bond acceptors (Lipinski definition) is 3. The normalized spacial score (nSPS) is 15.7. The third-order valence-corrected chi connectivity index (χ3v) is 4.31. The van der Waals surface area contributed by atoms with Crippen LogP contribution >= 0.6 is 23.4 Å². The molecule has 1 aromatic rings. The summed E-state index contributed by atoms with van der Waals surface area (Å²) in [5, 5.41) is 3.48. The van der Waals surface area contributed by atoms with Crippen molar-refractivity contribution < 1.29 is 9.59 Å². The number of carbonyl (C=O) groups excluding carboxylic acids is 2. The fourth-order valence-corrected chi connectivity index (χ4v) is 2.96. The Morgan fingerprint density at radius 2 is 2.05 bits per heavy atom. The van der Waals surface area contributed by atoms with Gasteiger partial charge in [-0.15, -0.1) is 11.8 Å². The van der Waals surface area contributed by atoms with Gasteiger partial charge >= 0.3 is 0 Å². The lowest BCUT2D eigenvalue weighted by atomic mass is 10.2. The second-order valence-electron chi connectivity index (χ2n) is 4.60. The molecule has 0 spiro atoms. The monoisotopic (exact) mass is 312 g/mol. The first kappa shape index (κ1) is 15.2. The molecule has 0 bridgehead atoms.